The standard InChI is InChI=1S/C18H37N5O/c1-5-15(3)22-17(24)10-11-20-18(19-4)21-12-14-23-13-8-7-9-16(23)6-2/h15-16H,5-14H2,1-4H3,(H,22,24)(H2,19,20,21). The van der Waals surface area contributed by atoms with Gasteiger partial charge in [0.05, 0.1) is 0 Å². The van der Waals surface area contributed by atoms with Gasteiger partial charge in [-0.25, -0.2) is 0 Å². The largest absolute Gasteiger partial charge is 0.356 e. The van der Waals surface area contributed by atoms with E-state index in [9.17, 15) is 4.79 Å². The van der Waals surface area contributed by atoms with Crippen molar-refractivity contribution in [1.29, 1.82) is 0 Å². The summed E-state index contributed by atoms with van der Waals surface area (Å²) in [5.41, 5.74) is 0. The van der Waals surface area contributed by atoms with Crippen LogP contribution in [0, 0.1) is 0 Å². The van der Waals surface area contributed by atoms with Crippen molar-refractivity contribution in [2.75, 3.05) is 33.2 Å². The topological polar surface area (TPSA) is 68.8 Å². The molecular weight excluding hydrogens is 302 g/mol. The maximum absolute atomic E-state index is 11.8. The highest BCUT2D eigenvalue weighted by atomic mass is 16.1. The minimum atomic E-state index is 0.0893. The van der Waals surface area contributed by atoms with Crippen molar-refractivity contribution < 1.29 is 4.79 Å². The summed E-state index contributed by atoms with van der Waals surface area (Å²) in [5.74, 6) is 0.864. The third-order valence-electron chi connectivity index (χ3n) is 4.80. The molecule has 6 heteroatoms. The molecule has 1 heterocycles. The van der Waals surface area contributed by atoms with E-state index in [0.29, 0.717) is 13.0 Å². The van der Waals surface area contributed by atoms with Crippen LogP contribution in [0.1, 0.15) is 59.3 Å². The van der Waals surface area contributed by atoms with Gasteiger partial charge in [-0.1, -0.05) is 20.3 Å². The van der Waals surface area contributed by atoms with E-state index in [-0.39, 0.29) is 11.9 Å². The van der Waals surface area contributed by atoms with E-state index in [1.165, 1.54) is 32.2 Å². The van der Waals surface area contributed by atoms with Crippen LogP contribution in [0.5, 0.6) is 0 Å². The number of rotatable bonds is 9. The third-order valence-corrected chi connectivity index (χ3v) is 4.80. The molecule has 0 aliphatic carbocycles. The smallest absolute Gasteiger partial charge is 0.221 e. The fourth-order valence-electron chi connectivity index (χ4n) is 3.10. The van der Waals surface area contributed by atoms with Gasteiger partial charge in [0.2, 0.25) is 5.91 Å². The summed E-state index contributed by atoms with van der Waals surface area (Å²) in [6, 6.07) is 0.978. The van der Waals surface area contributed by atoms with E-state index in [1.54, 1.807) is 7.05 Å². The molecule has 0 aromatic rings. The molecular formula is C18H37N5O. The first-order chi connectivity index (χ1) is 11.6. The molecule has 6 nitrogen and oxygen atoms in total. The lowest BCUT2D eigenvalue weighted by atomic mass is 10.0. The molecule has 0 aromatic carbocycles. The third kappa shape index (κ3) is 7.99. The van der Waals surface area contributed by atoms with Crippen LogP contribution in [0.15, 0.2) is 4.99 Å². The van der Waals surface area contributed by atoms with Crippen LogP contribution in [0.4, 0.5) is 0 Å². The molecule has 0 radical (unpaired) electrons. The molecule has 1 rings (SSSR count). The Balaban J connectivity index is 2.19. The molecule has 2 atom stereocenters. The Morgan fingerprint density at radius 2 is 2.00 bits per heavy atom. The second-order valence-corrected chi connectivity index (χ2v) is 6.65. The molecule has 1 aliphatic rings. The van der Waals surface area contributed by atoms with Crippen LogP contribution in [0.3, 0.4) is 0 Å². The second kappa shape index (κ2) is 12.1. The first-order valence-corrected chi connectivity index (χ1v) is 9.58. The van der Waals surface area contributed by atoms with Crippen LogP contribution in [0.25, 0.3) is 0 Å². The van der Waals surface area contributed by atoms with Crippen molar-refractivity contribution in [2.45, 2.75) is 71.4 Å². The lowest BCUT2D eigenvalue weighted by Gasteiger charge is -2.35. The quantitative estimate of drug-likeness (QED) is 0.442. The van der Waals surface area contributed by atoms with Crippen LogP contribution in [-0.4, -0.2) is 62.1 Å². The van der Waals surface area contributed by atoms with Gasteiger partial charge in [-0.2, -0.15) is 0 Å². The van der Waals surface area contributed by atoms with Gasteiger partial charge in [-0.15, -0.1) is 0 Å². The summed E-state index contributed by atoms with van der Waals surface area (Å²) in [6.07, 6.45) is 6.67. The average Bonchev–Trinajstić information content (AvgIpc) is 2.60. The molecule has 0 aromatic heterocycles. The Hall–Kier alpha value is -1.30. The SMILES string of the molecule is CCC(C)NC(=O)CCNC(=NC)NCCN1CCCCC1CC. The first kappa shape index (κ1) is 20.7. The van der Waals surface area contributed by atoms with Crippen LogP contribution < -0.4 is 16.0 Å². The average molecular weight is 340 g/mol. The number of nitrogens with zero attached hydrogens (tertiary/aromatic N) is 2. The van der Waals surface area contributed by atoms with E-state index >= 15 is 0 Å². The second-order valence-electron chi connectivity index (χ2n) is 6.65. The van der Waals surface area contributed by atoms with Crippen molar-refractivity contribution in [1.82, 2.24) is 20.9 Å². The summed E-state index contributed by atoms with van der Waals surface area (Å²) >= 11 is 0. The van der Waals surface area contributed by atoms with E-state index in [4.69, 9.17) is 0 Å². The molecule has 1 aliphatic heterocycles. The summed E-state index contributed by atoms with van der Waals surface area (Å²) in [4.78, 5) is 18.6. The number of guanidine groups is 1. The van der Waals surface area contributed by atoms with E-state index < -0.39 is 0 Å². The van der Waals surface area contributed by atoms with E-state index in [1.807, 2.05) is 6.92 Å². The fraction of sp³-hybridized carbons (Fsp3) is 0.889. The van der Waals surface area contributed by atoms with Crippen LogP contribution in [0.2, 0.25) is 0 Å². The highest BCUT2D eigenvalue weighted by molar-refractivity contribution is 5.81. The van der Waals surface area contributed by atoms with E-state index in [2.05, 4.69) is 39.7 Å². The van der Waals surface area contributed by atoms with Crippen molar-refractivity contribution >= 4 is 11.9 Å². The number of nitrogens with one attached hydrogen (secondary N) is 3. The number of carbonyl (C=O) groups excluding carboxylic acids is 1. The van der Waals surface area contributed by atoms with Gasteiger partial charge < -0.3 is 16.0 Å². The molecule has 140 valence electrons. The minimum absolute atomic E-state index is 0.0893. The number of piperidine rings is 1. The lowest BCUT2D eigenvalue weighted by molar-refractivity contribution is -0.121. The van der Waals surface area contributed by atoms with Crippen molar-refractivity contribution in [2.24, 2.45) is 4.99 Å². The Bertz CT molecular complexity index is 386. The molecule has 1 saturated heterocycles. The number of aliphatic imine (C=N–C) groups is 1. The maximum Gasteiger partial charge on any atom is 0.221 e. The molecule has 1 amide bonds. The number of carbonyl (C=O) groups is 1. The molecule has 0 saturated carbocycles. The van der Waals surface area contributed by atoms with Crippen LogP contribution >= 0.6 is 0 Å². The van der Waals surface area contributed by atoms with Gasteiger partial charge in [-0.05, 0) is 39.2 Å². The molecule has 24 heavy (non-hydrogen) atoms. The van der Waals surface area contributed by atoms with Gasteiger partial charge in [0.25, 0.3) is 0 Å². The van der Waals surface area contributed by atoms with Crippen molar-refractivity contribution in [3.63, 3.8) is 0 Å². The van der Waals surface area contributed by atoms with E-state index in [0.717, 1.165) is 31.5 Å². The zero-order chi connectivity index (χ0) is 17.8. The zero-order valence-electron chi connectivity index (χ0n) is 16.0. The Labute approximate surface area is 147 Å². The predicted molar refractivity (Wildman–Crippen MR) is 101 cm³/mol. The highest BCUT2D eigenvalue weighted by Crippen LogP contribution is 2.18. The Morgan fingerprint density at radius 3 is 2.67 bits per heavy atom. The maximum atomic E-state index is 11.8. The van der Waals surface area contributed by atoms with Gasteiger partial charge in [-0.3, -0.25) is 14.7 Å². The van der Waals surface area contributed by atoms with Crippen LogP contribution in [-0.2, 0) is 4.79 Å². The Kier molecular flexibility index (Phi) is 10.5. The molecule has 3 N–H and O–H groups in total. The number of amides is 1. The Morgan fingerprint density at radius 1 is 1.25 bits per heavy atom. The monoisotopic (exact) mass is 339 g/mol. The lowest BCUT2D eigenvalue weighted by Crippen LogP contribution is -2.46. The number of likely N-dealkylation sites (tertiary alicyclic amines) is 1. The number of hydrogen-bond donors (Lipinski definition) is 3. The molecule has 0 bridgehead atoms. The zero-order valence-corrected chi connectivity index (χ0v) is 16.0. The van der Waals surface area contributed by atoms with Gasteiger partial charge in [0.1, 0.15) is 0 Å². The minimum Gasteiger partial charge on any atom is -0.356 e. The molecule has 2 unspecified atom stereocenters. The first-order valence-electron chi connectivity index (χ1n) is 9.58. The normalized spacial score (nSPS) is 20.5. The summed E-state index contributed by atoms with van der Waals surface area (Å²) in [5, 5.41) is 9.54. The van der Waals surface area contributed by atoms with Gasteiger partial charge in [0, 0.05) is 45.2 Å². The summed E-state index contributed by atoms with van der Waals surface area (Å²) < 4.78 is 0. The number of hydrogen-bond acceptors (Lipinski definition) is 3. The van der Waals surface area contributed by atoms with Crippen molar-refractivity contribution in [3.05, 3.63) is 0 Å². The fourth-order valence-corrected chi connectivity index (χ4v) is 3.10. The molecule has 1 fully saturated rings. The molecule has 0 spiro atoms. The summed E-state index contributed by atoms with van der Waals surface area (Å²) in [6.45, 7) is 10.1. The van der Waals surface area contributed by atoms with Gasteiger partial charge in [0.15, 0.2) is 5.96 Å². The highest BCUT2D eigenvalue weighted by Gasteiger charge is 2.19. The van der Waals surface area contributed by atoms with Gasteiger partial charge >= 0.3 is 0 Å². The van der Waals surface area contributed by atoms with Crippen molar-refractivity contribution in [3.8, 4) is 0 Å². The predicted octanol–water partition coefficient (Wildman–Crippen LogP) is 1.72. The summed E-state index contributed by atoms with van der Waals surface area (Å²) in [7, 11) is 1.77.